The average molecular weight is 214 g/mol. The van der Waals surface area contributed by atoms with Gasteiger partial charge in [-0.2, -0.15) is 0 Å². The van der Waals surface area contributed by atoms with Gasteiger partial charge in [0.05, 0.1) is 7.11 Å². The summed E-state index contributed by atoms with van der Waals surface area (Å²) in [7, 11) is 2.78. The maximum atomic E-state index is 13.4. The first kappa shape index (κ1) is 11.5. The zero-order chi connectivity index (χ0) is 11.3. The lowest BCUT2D eigenvalue weighted by atomic mass is 10.2. The lowest BCUT2D eigenvalue weighted by Crippen LogP contribution is -2.03. The SMILES string of the molecule is COCOc1c(F)cc(C=O)cc1OC. The fourth-order valence-corrected chi connectivity index (χ4v) is 1.07. The number of halogens is 1. The Morgan fingerprint density at radius 1 is 1.40 bits per heavy atom. The van der Waals surface area contributed by atoms with Crippen molar-refractivity contribution in [3.63, 3.8) is 0 Å². The lowest BCUT2D eigenvalue weighted by molar-refractivity contribution is 0.0462. The zero-order valence-electron chi connectivity index (χ0n) is 8.45. The molecule has 5 heteroatoms. The first-order valence-electron chi connectivity index (χ1n) is 4.17. The van der Waals surface area contributed by atoms with Gasteiger partial charge in [-0.15, -0.1) is 0 Å². The molecule has 0 spiro atoms. The zero-order valence-corrected chi connectivity index (χ0v) is 8.45. The van der Waals surface area contributed by atoms with Gasteiger partial charge < -0.3 is 14.2 Å². The van der Waals surface area contributed by atoms with Crippen LogP contribution in [0.5, 0.6) is 11.5 Å². The molecule has 1 aromatic rings. The molecule has 0 amide bonds. The molecule has 82 valence electrons. The first-order chi connectivity index (χ1) is 7.22. The van der Waals surface area contributed by atoms with Gasteiger partial charge >= 0.3 is 0 Å². The number of rotatable bonds is 5. The van der Waals surface area contributed by atoms with Crippen LogP contribution in [0.25, 0.3) is 0 Å². The van der Waals surface area contributed by atoms with Crippen LogP contribution in [-0.4, -0.2) is 27.3 Å². The van der Waals surface area contributed by atoms with Crippen LogP contribution in [0, 0.1) is 5.82 Å². The van der Waals surface area contributed by atoms with Crippen molar-refractivity contribution in [3.05, 3.63) is 23.5 Å². The van der Waals surface area contributed by atoms with E-state index < -0.39 is 5.82 Å². The van der Waals surface area contributed by atoms with Crippen molar-refractivity contribution in [1.82, 2.24) is 0 Å². The van der Waals surface area contributed by atoms with Gasteiger partial charge in [0.25, 0.3) is 0 Å². The Labute approximate surface area is 86.6 Å². The Hall–Kier alpha value is -1.62. The lowest BCUT2D eigenvalue weighted by Gasteiger charge is -2.10. The van der Waals surface area contributed by atoms with Crippen LogP contribution in [0.2, 0.25) is 0 Å². The standard InChI is InChI=1S/C10H11FO4/c1-13-6-15-10-8(11)3-7(5-12)4-9(10)14-2/h3-5H,6H2,1-2H3. The molecule has 0 heterocycles. The molecule has 1 aromatic carbocycles. The predicted molar refractivity (Wildman–Crippen MR) is 50.8 cm³/mol. The molecule has 0 atom stereocenters. The Morgan fingerprint density at radius 2 is 2.13 bits per heavy atom. The largest absolute Gasteiger partial charge is 0.493 e. The monoisotopic (exact) mass is 214 g/mol. The molecular formula is C10H11FO4. The van der Waals surface area contributed by atoms with Crippen LogP contribution in [0.1, 0.15) is 10.4 Å². The molecule has 0 saturated heterocycles. The van der Waals surface area contributed by atoms with E-state index >= 15 is 0 Å². The van der Waals surface area contributed by atoms with Crippen molar-refractivity contribution in [1.29, 1.82) is 0 Å². The first-order valence-corrected chi connectivity index (χ1v) is 4.17. The van der Waals surface area contributed by atoms with Crippen LogP contribution in [0.4, 0.5) is 4.39 Å². The Morgan fingerprint density at radius 3 is 2.67 bits per heavy atom. The fourth-order valence-electron chi connectivity index (χ4n) is 1.07. The minimum absolute atomic E-state index is 0.0649. The van der Waals surface area contributed by atoms with Crippen LogP contribution in [0.3, 0.4) is 0 Å². The summed E-state index contributed by atoms with van der Waals surface area (Å²) in [4.78, 5) is 10.5. The van der Waals surface area contributed by atoms with E-state index in [1.54, 1.807) is 0 Å². The van der Waals surface area contributed by atoms with Gasteiger partial charge in [-0.05, 0) is 12.1 Å². The van der Waals surface area contributed by atoms with E-state index in [1.807, 2.05) is 0 Å². The molecule has 0 radical (unpaired) electrons. The molecular weight excluding hydrogens is 203 g/mol. The van der Waals surface area contributed by atoms with Gasteiger partial charge in [-0.1, -0.05) is 0 Å². The summed E-state index contributed by atoms with van der Waals surface area (Å²) in [6, 6.07) is 2.46. The van der Waals surface area contributed by atoms with Gasteiger partial charge in [0.1, 0.15) is 6.29 Å². The Bertz CT molecular complexity index is 352. The molecule has 0 aromatic heterocycles. The van der Waals surface area contributed by atoms with E-state index in [1.165, 1.54) is 20.3 Å². The number of ether oxygens (including phenoxy) is 3. The molecule has 0 bridgehead atoms. The van der Waals surface area contributed by atoms with Crippen LogP contribution in [-0.2, 0) is 4.74 Å². The number of carbonyl (C=O) groups is 1. The van der Waals surface area contributed by atoms with Gasteiger partial charge in [0.15, 0.2) is 24.1 Å². The molecule has 15 heavy (non-hydrogen) atoms. The minimum atomic E-state index is -0.659. The topological polar surface area (TPSA) is 44.8 Å². The summed E-state index contributed by atoms with van der Waals surface area (Å²) in [5, 5.41) is 0. The van der Waals surface area contributed by atoms with Gasteiger partial charge in [-0.25, -0.2) is 4.39 Å². The normalized spacial score (nSPS) is 9.80. The number of methoxy groups -OCH3 is 2. The molecule has 0 saturated carbocycles. The highest BCUT2D eigenvalue weighted by Gasteiger charge is 2.12. The maximum absolute atomic E-state index is 13.4. The Balaban J connectivity index is 3.06. The van der Waals surface area contributed by atoms with E-state index in [0.29, 0.717) is 6.29 Å². The number of hydrogen-bond donors (Lipinski definition) is 0. The quantitative estimate of drug-likeness (QED) is 0.552. The molecule has 1 rings (SSSR count). The molecule has 0 aliphatic heterocycles. The van der Waals surface area contributed by atoms with Crippen LogP contribution in [0.15, 0.2) is 12.1 Å². The summed E-state index contributed by atoms with van der Waals surface area (Å²) in [6.07, 6.45) is 0.533. The van der Waals surface area contributed by atoms with E-state index in [9.17, 15) is 9.18 Å². The predicted octanol–water partition coefficient (Wildman–Crippen LogP) is 1.63. The van der Waals surface area contributed by atoms with E-state index in [-0.39, 0.29) is 23.9 Å². The molecule has 0 aliphatic carbocycles. The average Bonchev–Trinajstić information content (AvgIpc) is 2.26. The van der Waals surface area contributed by atoms with E-state index in [2.05, 4.69) is 4.74 Å². The van der Waals surface area contributed by atoms with Crippen molar-refractivity contribution in [2.75, 3.05) is 21.0 Å². The molecule has 0 fully saturated rings. The summed E-state index contributed by atoms with van der Waals surface area (Å²) in [5.41, 5.74) is 0.189. The highest BCUT2D eigenvalue weighted by Crippen LogP contribution is 2.31. The summed E-state index contributed by atoms with van der Waals surface area (Å²) < 4.78 is 27.9. The van der Waals surface area contributed by atoms with Crippen LogP contribution < -0.4 is 9.47 Å². The van der Waals surface area contributed by atoms with E-state index in [4.69, 9.17) is 9.47 Å². The van der Waals surface area contributed by atoms with Gasteiger partial charge in [0.2, 0.25) is 0 Å². The van der Waals surface area contributed by atoms with Crippen molar-refractivity contribution in [2.24, 2.45) is 0 Å². The third kappa shape index (κ3) is 2.66. The Kier molecular flexibility index (Phi) is 4.05. The summed E-state index contributed by atoms with van der Waals surface area (Å²) >= 11 is 0. The number of hydrogen-bond acceptors (Lipinski definition) is 4. The van der Waals surface area contributed by atoms with Crippen molar-refractivity contribution >= 4 is 6.29 Å². The smallest absolute Gasteiger partial charge is 0.200 e. The number of benzene rings is 1. The fraction of sp³-hybridized carbons (Fsp3) is 0.300. The van der Waals surface area contributed by atoms with Crippen molar-refractivity contribution < 1.29 is 23.4 Å². The second-order valence-corrected chi connectivity index (χ2v) is 2.70. The molecule has 0 aliphatic rings. The third-order valence-electron chi connectivity index (χ3n) is 1.71. The third-order valence-corrected chi connectivity index (χ3v) is 1.71. The highest BCUT2D eigenvalue weighted by atomic mass is 19.1. The van der Waals surface area contributed by atoms with Crippen molar-refractivity contribution in [2.45, 2.75) is 0 Å². The molecule has 4 nitrogen and oxygen atoms in total. The highest BCUT2D eigenvalue weighted by molar-refractivity contribution is 5.76. The summed E-state index contributed by atoms with van der Waals surface area (Å²) in [6.45, 7) is -0.0896. The molecule has 0 unspecified atom stereocenters. The van der Waals surface area contributed by atoms with Gasteiger partial charge in [-0.3, -0.25) is 4.79 Å². The second-order valence-electron chi connectivity index (χ2n) is 2.70. The van der Waals surface area contributed by atoms with Crippen LogP contribution >= 0.6 is 0 Å². The molecule has 0 N–H and O–H groups in total. The van der Waals surface area contributed by atoms with E-state index in [0.717, 1.165) is 6.07 Å². The summed E-state index contributed by atoms with van der Waals surface area (Å²) in [5.74, 6) is -0.562. The minimum Gasteiger partial charge on any atom is -0.493 e. The number of carbonyl (C=O) groups excluding carboxylic acids is 1. The maximum Gasteiger partial charge on any atom is 0.200 e. The second kappa shape index (κ2) is 5.31. The van der Waals surface area contributed by atoms with Gasteiger partial charge in [0, 0.05) is 12.7 Å². The number of aldehydes is 1. The van der Waals surface area contributed by atoms with Crippen molar-refractivity contribution in [3.8, 4) is 11.5 Å².